The van der Waals surface area contributed by atoms with E-state index in [1.807, 2.05) is 11.3 Å². The molecule has 0 spiro atoms. The van der Waals surface area contributed by atoms with E-state index in [1.54, 1.807) is 0 Å². The van der Waals surface area contributed by atoms with E-state index in [0.717, 1.165) is 17.1 Å². The van der Waals surface area contributed by atoms with Crippen LogP contribution in [0.4, 0.5) is 17.1 Å². The van der Waals surface area contributed by atoms with Crippen molar-refractivity contribution in [3.63, 3.8) is 0 Å². The molecular weight excluding hydrogens is 575 g/mol. The second kappa shape index (κ2) is 9.79. The number of para-hydroxylation sites is 1. The van der Waals surface area contributed by atoms with E-state index in [9.17, 15) is 0 Å². The summed E-state index contributed by atoms with van der Waals surface area (Å²) in [7, 11) is 0. The number of anilines is 3. The first-order valence-electron chi connectivity index (χ1n) is 16.2. The lowest BCUT2D eigenvalue weighted by atomic mass is 9.55. The Bertz CT molecular complexity index is 2480. The Kier molecular flexibility index (Phi) is 5.83. The molecule has 1 aromatic heterocycles. The molecule has 8 aromatic rings. The first-order valence-corrected chi connectivity index (χ1v) is 17.0. The quantitative estimate of drug-likeness (QED) is 0.180. The number of hydrogen-bond acceptors (Lipinski definition) is 2. The highest BCUT2D eigenvalue weighted by molar-refractivity contribution is 7.25. The molecule has 0 radical (unpaired) electrons. The molecule has 1 nitrogen and oxygen atoms in total. The standard InChI is InChI=1S/C44H35NS/c1-43(2)38-16-10-8-15-35(38)42-34-22-19-28-18-20-30(26-36(28)32(34)23-24-39(42)44(43,3)4)45(29-12-6-5-7-13-29)31-21-25-41-37(27-31)33-14-9-11-17-40(33)46-41/h5-27H,1-4H3. The van der Waals surface area contributed by atoms with Crippen LogP contribution < -0.4 is 4.90 Å². The van der Waals surface area contributed by atoms with Crippen LogP contribution in [0.5, 0.6) is 0 Å². The van der Waals surface area contributed by atoms with E-state index in [2.05, 4.69) is 172 Å². The van der Waals surface area contributed by atoms with Gasteiger partial charge in [-0.2, -0.15) is 0 Å². The summed E-state index contributed by atoms with van der Waals surface area (Å²) in [5.74, 6) is 0. The number of thiophene rings is 1. The summed E-state index contributed by atoms with van der Waals surface area (Å²) in [6, 6.07) is 51.9. The Morgan fingerprint density at radius 1 is 0.435 bits per heavy atom. The van der Waals surface area contributed by atoms with Gasteiger partial charge in [-0.1, -0.05) is 119 Å². The summed E-state index contributed by atoms with van der Waals surface area (Å²) in [6.45, 7) is 9.64. The van der Waals surface area contributed by atoms with Crippen molar-refractivity contribution in [3.05, 3.63) is 151 Å². The van der Waals surface area contributed by atoms with Gasteiger partial charge >= 0.3 is 0 Å². The number of benzene rings is 7. The average Bonchev–Trinajstić information content (AvgIpc) is 3.46. The highest BCUT2D eigenvalue weighted by atomic mass is 32.1. The summed E-state index contributed by atoms with van der Waals surface area (Å²) < 4.78 is 2.65. The van der Waals surface area contributed by atoms with Gasteiger partial charge in [0.15, 0.2) is 0 Å². The topological polar surface area (TPSA) is 3.24 Å². The lowest BCUT2D eigenvalue weighted by molar-refractivity contribution is 0.299. The Hall–Kier alpha value is -4.92. The molecule has 0 fully saturated rings. The predicted octanol–water partition coefficient (Wildman–Crippen LogP) is 13.1. The van der Waals surface area contributed by atoms with E-state index in [-0.39, 0.29) is 10.8 Å². The van der Waals surface area contributed by atoms with Crippen LogP contribution in [0.25, 0.3) is 52.8 Å². The fourth-order valence-corrected chi connectivity index (χ4v) is 8.96. The van der Waals surface area contributed by atoms with E-state index < -0.39 is 0 Å². The molecule has 0 atom stereocenters. The number of rotatable bonds is 3. The highest BCUT2D eigenvalue weighted by Crippen LogP contribution is 2.55. The van der Waals surface area contributed by atoms with Crippen molar-refractivity contribution in [3.8, 4) is 11.1 Å². The summed E-state index contributed by atoms with van der Waals surface area (Å²) in [6.07, 6.45) is 0. The number of hydrogen-bond donors (Lipinski definition) is 0. The maximum atomic E-state index is 2.41. The van der Waals surface area contributed by atoms with Gasteiger partial charge < -0.3 is 4.90 Å². The van der Waals surface area contributed by atoms with Crippen molar-refractivity contribution in [1.29, 1.82) is 0 Å². The fourth-order valence-electron chi connectivity index (χ4n) is 7.87. The smallest absolute Gasteiger partial charge is 0.0468 e. The molecule has 0 saturated carbocycles. The Morgan fingerprint density at radius 3 is 1.91 bits per heavy atom. The van der Waals surface area contributed by atoms with E-state index in [4.69, 9.17) is 0 Å². The van der Waals surface area contributed by atoms with Gasteiger partial charge in [0.1, 0.15) is 0 Å². The largest absolute Gasteiger partial charge is 0.310 e. The molecule has 0 unspecified atom stereocenters. The molecule has 0 saturated heterocycles. The van der Waals surface area contributed by atoms with Crippen molar-refractivity contribution in [2.45, 2.75) is 38.5 Å². The van der Waals surface area contributed by atoms with Crippen molar-refractivity contribution >= 4 is 70.1 Å². The van der Waals surface area contributed by atoms with Crippen LogP contribution in [0.2, 0.25) is 0 Å². The lowest BCUT2D eigenvalue weighted by Crippen LogP contribution is -2.43. The molecule has 0 bridgehead atoms. The van der Waals surface area contributed by atoms with E-state index >= 15 is 0 Å². The zero-order valence-electron chi connectivity index (χ0n) is 26.6. The van der Waals surface area contributed by atoms with Crippen LogP contribution in [-0.4, -0.2) is 0 Å². The van der Waals surface area contributed by atoms with Crippen LogP contribution >= 0.6 is 11.3 Å². The molecule has 9 rings (SSSR count). The van der Waals surface area contributed by atoms with Crippen LogP contribution in [0.3, 0.4) is 0 Å². The lowest BCUT2D eigenvalue weighted by Gasteiger charge is -2.48. The second-order valence-corrected chi connectivity index (χ2v) is 14.9. The van der Waals surface area contributed by atoms with E-state index in [0.29, 0.717) is 0 Å². The van der Waals surface area contributed by atoms with Gasteiger partial charge in [-0.15, -0.1) is 11.3 Å². The van der Waals surface area contributed by atoms with Crippen LogP contribution in [0.15, 0.2) is 140 Å². The van der Waals surface area contributed by atoms with Crippen molar-refractivity contribution in [1.82, 2.24) is 0 Å². The minimum Gasteiger partial charge on any atom is -0.310 e. The van der Waals surface area contributed by atoms with Crippen molar-refractivity contribution in [2.24, 2.45) is 0 Å². The molecule has 2 heteroatoms. The Morgan fingerprint density at radius 2 is 1.07 bits per heavy atom. The fraction of sp³-hybridized carbons (Fsp3) is 0.136. The van der Waals surface area contributed by atoms with Gasteiger partial charge in [-0.05, 0) is 103 Å². The number of nitrogens with zero attached hydrogens (tertiary/aromatic N) is 1. The molecule has 7 aromatic carbocycles. The maximum Gasteiger partial charge on any atom is 0.0468 e. The molecule has 0 amide bonds. The zero-order valence-corrected chi connectivity index (χ0v) is 27.5. The molecular formula is C44H35NS. The Labute approximate surface area is 274 Å². The Balaban J connectivity index is 1.29. The normalized spacial score (nSPS) is 14.9. The molecule has 1 heterocycles. The summed E-state index contributed by atoms with van der Waals surface area (Å²) >= 11 is 1.86. The van der Waals surface area contributed by atoms with Crippen molar-refractivity contribution < 1.29 is 0 Å². The summed E-state index contributed by atoms with van der Waals surface area (Å²) in [5, 5.41) is 7.79. The van der Waals surface area contributed by atoms with Crippen molar-refractivity contribution in [2.75, 3.05) is 4.90 Å². The number of fused-ring (bicyclic) bond motifs is 10. The third-order valence-electron chi connectivity index (χ3n) is 11.0. The molecule has 1 aliphatic carbocycles. The minimum atomic E-state index is -0.0176. The molecule has 46 heavy (non-hydrogen) atoms. The first kappa shape index (κ1) is 27.4. The third kappa shape index (κ3) is 3.80. The first-order chi connectivity index (χ1) is 22.3. The van der Waals surface area contributed by atoms with Crippen LogP contribution in [0, 0.1) is 0 Å². The van der Waals surface area contributed by atoms with Gasteiger partial charge in [-0.3, -0.25) is 0 Å². The maximum absolute atomic E-state index is 2.41. The molecule has 1 aliphatic rings. The molecule has 222 valence electrons. The third-order valence-corrected chi connectivity index (χ3v) is 12.2. The predicted molar refractivity (Wildman–Crippen MR) is 201 cm³/mol. The van der Waals surface area contributed by atoms with E-state index in [1.165, 1.54) is 64.0 Å². The van der Waals surface area contributed by atoms with Crippen LogP contribution in [0.1, 0.15) is 38.8 Å². The van der Waals surface area contributed by atoms with Gasteiger partial charge in [0.25, 0.3) is 0 Å². The zero-order chi connectivity index (χ0) is 31.2. The summed E-state index contributed by atoms with van der Waals surface area (Å²) in [5.41, 5.74) is 9.08. The average molecular weight is 610 g/mol. The second-order valence-electron chi connectivity index (χ2n) is 13.8. The molecule has 0 aliphatic heterocycles. The highest BCUT2D eigenvalue weighted by Gasteiger charge is 2.46. The summed E-state index contributed by atoms with van der Waals surface area (Å²) in [4.78, 5) is 2.41. The monoisotopic (exact) mass is 609 g/mol. The van der Waals surface area contributed by atoms with Gasteiger partial charge in [0.2, 0.25) is 0 Å². The van der Waals surface area contributed by atoms with Gasteiger partial charge in [0, 0.05) is 37.2 Å². The van der Waals surface area contributed by atoms with Gasteiger partial charge in [-0.25, -0.2) is 0 Å². The SMILES string of the molecule is CC1(C)c2ccccc2-c2c(ccc3c2ccc2ccc(N(c4ccccc4)c4ccc5sc6ccccc6c5c4)cc23)C1(C)C. The molecule has 0 N–H and O–H groups in total. The minimum absolute atomic E-state index is 0.0132. The van der Waals surface area contributed by atoms with Crippen LogP contribution in [-0.2, 0) is 10.8 Å². The van der Waals surface area contributed by atoms with Gasteiger partial charge in [0.05, 0.1) is 0 Å².